The van der Waals surface area contributed by atoms with Crippen molar-refractivity contribution in [3.63, 3.8) is 0 Å². The maximum absolute atomic E-state index is 12.5. The van der Waals surface area contributed by atoms with Crippen molar-refractivity contribution in [1.29, 1.82) is 0 Å². The van der Waals surface area contributed by atoms with Gasteiger partial charge in [-0.3, -0.25) is 9.59 Å². The molecule has 21 heavy (non-hydrogen) atoms. The van der Waals surface area contributed by atoms with Crippen LogP contribution in [0.15, 0.2) is 24.5 Å². The predicted octanol–water partition coefficient (Wildman–Crippen LogP) is 0.651. The van der Waals surface area contributed by atoms with Crippen molar-refractivity contribution >= 4 is 22.9 Å². The van der Waals surface area contributed by atoms with Crippen molar-refractivity contribution in [2.45, 2.75) is 0 Å². The summed E-state index contributed by atoms with van der Waals surface area (Å²) in [5, 5.41) is 8.96. The average molecular weight is 290 g/mol. The van der Waals surface area contributed by atoms with E-state index in [2.05, 4.69) is 9.97 Å². The average Bonchev–Trinajstić information content (AvgIpc) is 2.89. The van der Waals surface area contributed by atoms with Crippen molar-refractivity contribution < 1.29 is 14.7 Å². The van der Waals surface area contributed by atoms with E-state index in [4.69, 9.17) is 5.11 Å². The first kappa shape index (κ1) is 15.0. The first-order chi connectivity index (χ1) is 9.97. The number of carbonyl (C=O) groups is 2. The monoisotopic (exact) mass is 290 g/mol. The Morgan fingerprint density at radius 2 is 2.05 bits per heavy atom. The lowest BCUT2D eigenvalue weighted by atomic mass is 10.1. The number of amides is 1. The number of nitrogens with one attached hydrogen (secondary N) is 1. The van der Waals surface area contributed by atoms with Crippen molar-refractivity contribution in [2.75, 3.05) is 33.7 Å². The molecule has 0 aliphatic carbocycles. The first-order valence-electron chi connectivity index (χ1n) is 6.56. The van der Waals surface area contributed by atoms with Gasteiger partial charge in [0, 0.05) is 18.7 Å². The van der Waals surface area contributed by atoms with Crippen LogP contribution in [-0.4, -0.2) is 70.5 Å². The summed E-state index contributed by atoms with van der Waals surface area (Å²) < 4.78 is 0. The number of carboxylic acids is 1. The van der Waals surface area contributed by atoms with E-state index in [-0.39, 0.29) is 12.5 Å². The maximum Gasteiger partial charge on any atom is 0.323 e. The number of H-pyrrole nitrogens is 1. The molecule has 0 aliphatic heterocycles. The van der Waals surface area contributed by atoms with Gasteiger partial charge in [-0.05, 0) is 32.3 Å². The molecule has 1 amide bonds. The minimum Gasteiger partial charge on any atom is -0.480 e. The van der Waals surface area contributed by atoms with Gasteiger partial charge in [0.1, 0.15) is 6.54 Å². The van der Waals surface area contributed by atoms with Gasteiger partial charge in [-0.1, -0.05) is 0 Å². The van der Waals surface area contributed by atoms with E-state index in [9.17, 15) is 9.59 Å². The Bertz CT molecular complexity index is 650. The van der Waals surface area contributed by atoms with Crippen LogP contribution in [0.3, 0.4) is 0 Å². The highest BCUT2D eigenvalue weighted by atomic mass is 16.4. The van der Waals surface area contributed by atoms with Gasteiger partial charge >= 0.3 is 5.97 Å². The largest absolute Gasteiger partial charge is 0.480 e. The number of imidazole rings is 1. The topological polar surface area (TPSA) is 89.5 Å². The number of hydrogen-bond acceptors (Lipinski definition) is 4. The van der Waals surface area contributed by atoms with Crippen LogP contribution in [0, 0.1) is 0 Å². The van der Waals surface area contributed by atoms with Crippen LogP contribution in [-0.2, 0) is 4.79 Å². The molecule has 1 aromatic heterocycles. The fraction of sp³-hybridized carbons (Fsp3) is 0.357. The van der Waals surface area contributed by atoms with Gasteiger partial charge in [0.25, 0.3) is 5.91 Å². The Balaban J connectivity index is 2.20. The summed E-state index contributed by atoms with van der Waals surface area (Å²) in [6, 6.07) is 5.09. The predicted molar refractivity (Wildman–Crippen MR) is 78.2 cm³/mol. The van der Waals surface area contributed by atoms with E-state index in [0.717, 1.165) is 11.0 Å². The quantitative estimate of drug-likeness (QED) is 0.815. The highest BCUT2D eigenvalue weighted by Gasteiger charge is 2.19. The second-order valence-corrected chi connectivity index (χ2v) is 5.06. The van der Waals surface area contributed by atoms with Gasteiger partial charge in [0.15, 0.2) is 0 Å². The molecule has 0 spiro atoms. The van der Waals surface area contributed by atoms with Gasteiger partial charge in [0.05, 0.1) is 17.4 Å². The molecule has 2 rings (SSSR count). The summed E-state index contributed by atoms with van der Waals surface area (Å²) in [6.45, 7) is 0.651. The number of aromatic amines is 1. The summed E-state index contributed by atoms with van der Waals surface area (Å²) >= 11 is 0. The Morgan fingerprint density at radius 1 is 1.29 bits per heavy atom. The lowest BCUT2D eigenvalue weighted by Gasteiger charge is -2.22. The van der Waals surface area contributed by atoms with E-state index < -0.39 is 5.97 Å². The third kappa shape index (κ3) is 3.79. The van der Waals surface area contributed by atoms with Crippen LogP contribution in [0.25, 0.3) is 11.0 Å². The zero-order valence-electron chi connectivity index (χ0n) is 12.0. The Morgan fingerprint density at radius 3 is 2.71 bits per heavy atom. The van der Waals surface area contributed by atoms with Crippen molar-refractivity contribution in [1.82, 2.24) is 19.8 Å². The summed E-state index contributed by atoms with van der Waals surface area (Å²) in [5.41, 5.74) is 1.97. The van der Waals surface area contributed by atoms with Gasteiger partial charge in [-0.2, -0.15) is 0 Å². The fourth-order valence-electron chi connectivity index (χ4n) is 1.99. The van der Waals surface area contributed by atoms with Crippen LogP contribution in [0.2, 0.25) is 0 Å². The molecule has 0 unspecified atom stereocenters. The lowest BCUT2D eigenvalue weighted by Crippen LogP contribution is -2.40. The molecule has 1 heterocycles. The maximum atomic E-state index is 12.5. The summed E-state index contributed by atoms with van der Waals surface area (Å²) in [4.78, 5) is 33.7. The summed E-state index contributed by atoms with van der Waals surface area (Å²) in [5.74, 6) is -1.32. The minimum atomic E-state index is -1.02. The number of rotatable bonds is 6. The molecule has 0 fully saturated rings. The van der Waals surface area contributed by atoms with Gasteiger partial charge in [-0.15, -0.1) is 0 Å². The standard InChI is InChI=1S/C14H18N4O3/c1-17(2)5-6-18(8-13(19)20)14(21)10-3-4-11-12(7-10)16-9-15-11/h3-4,7,9H,5-6,8H2,1-2H3,(H,15,16)(H,19,20). The number of hydrogen-bond donors (Lipinski definition) is 2. The number of fused-ring (bicyclic) bond motifs is 1. The molecule has 2 aromatic rings. The van der Waals surface area contributed by atoms with Crippen molar-refractivity contribution in [3.8, 4) is 0 Å². The van der Waals surface area contributed by atoms with Crippen LogP contribution in [0.5, 0.6) is 0 Å². The van der Waals surface area contributed by atoms with Gasteiger partial charge in [-0.25, -0.2) is 4.98 Å². The third-order valence-electron chi connectivity index (χ3n) is 3.10. The molecule has 0 atom stereocenters. The van der Waals surface area contributed by atoms with Crippen LogP contribution in [0.4, 0.5) is 0 Å². The van der Waals surface area contributed by atoms with Gasteiger partial charge in [0.2, 0.25) is 0 Å². The van der Waals surface area contributed by atoms with Gasteiger partial charge < -0.3 is 19.9 Å². The molecular formula is C14H18N4O3. The van der Waals surface area contributed by atoms with E-state index in [0.29, 0.717) is 18.7 Å². The minimum absolute atomic E-state index is 0.296. The van der Waals surface area contributed by atoms with E-state index in [1.165, 1.54) is 4.90 Å². The molecular weight excluding hydrogens is 272 g/mol. The number of aromatic nitrogens is 2. The number of likely N-dealkylation sites (N-methyl/N-ethyl adjacent to an activating group) is 1. The molecule has 0 saturated carbocycles. The normalized spacial score (nSPS) is 11.0. The van der Waals surface area contributed by atoms with Crippen molar-refractivity contribution in [2.24, 2.45) is 0 Å². The molecule has 2 N–H and O–H groups in total. The summed E-state index contributed by atoms with van der Waals surface area (Å²) in [7, 11) is 3.75. The Kier molecular flexibility index (Phi) is 4.54. The van der Waals surface area contributed by atoms with E-state index >= 15 is 0 Å². The number of benzene rings is 1. The van der Waals surface area contributed by atoms with Crippen LogP contribution in [0.1, 0.15) is 10.4 Å². The zero-order valence-corrected chi connectivity index (χ0v) is 12.0. The molecule has 0 saturated heterocycles. The number of carbonyl (C=O) groups excluding carboxylic acids is 1. The third-order valence-corrected chi connectivity index (χ3v) is 3.10. The zero-order chi connectivity index (χ0) is 15.4. The SMILES string of the molecule is CN(C)CCN(CC(=O)O)C(=O)c1ccc2nc[nH]c2c1. The lowest BCUT2D eigenvalue weighted by molar-refractivity contribution is -0.137. The molecule has 7 nitrogen and oxygen atoms in total. The Hall–Kier alpha value is -2.41. The van der Waals surface area contributed by atoms with Crippen LogP contribution >= 0.6 is 0 Å². The molecule has 0 aliphatic rings. The number of aliphatic carboxylic acids is 1. The smallest absolute Gasteiger partial charge is 0.323 e. The highest BCUT2D eigenvalue weighted by molar-refractivity contribution is 5.98. The first-order valence-corrected chi connectivity index (χ1v) is 6.56. The molecule has 112 valence electrons. The highest BCUT2D eigenvalue weighted by Crippen LogP contribution is 2.13. The second-order valence-electron chi connectivity index (χ2n) is 5.06. The fourth-order valence-corrected chi connectivity index (χ4v) is 1.99. The van der Waals surface area contributed by atoms with E-state index in [1.54, 1.807) is 24.5 Å². The van der Waals surface area contributed by atoms with E-state index in [1.807, 2.05) is 19.0 Å². The Labute approximate surface area is 122 Å². The number of nitrogens with zero attached hydrogens (tertiary/aromatic N) is 3. The van der Waals surface area contributed by atoms with Crippen LogP contribution < -0.4 is 0 Å². The summed E-state index contributed by atoms with van der Waals surface area (Å²) in [6.07, 6.45) is 1.56. The number of carboxylic acid groups (broad SMARTS) is 1. The molecule has 7 heteroatoms. The van der Waals surface area contributed by atoms with Crippen molar-refractivity contribution in [3.05, 3.63) is 30.1 Å². The second kappa shape index (κ2) is 6.36. The molecule has 0 bridgehead atoms. The molecule has 1 aromatic carbocycles. The molecule has 0 radical (unpaired) electrons.